The molecule has 0 saturated carbocycles. The summed E-state index contributed by atoms with van der Waals surface area (Å²) in [7, 11) is 0. The maximum Gasteiger partial charge on any atom is 0.140 e. The van der Waals surface area contributed by atoms with Gasteiger partial charge in [-0.25, -0.2) is 9.97 Å². The predicted molar refractivity (Wildman–Crippen MR) is 117 cm³/mol. The van der Waals surface area contributed by atoms with Crippen LogP contribution in [-0.2, 0) is 0 Å². The van der Waals surface area contributed by atoms with Crippen LogP contribution in [0.5, 0.6) is 0 Å². The lowest BCUT2D eigenvalue weighted by molar-refractivity contribution is 0.630. The van der Waals surface area contributed by atoms with Crippen LogP contribution in [-0.4, -0.2) is 19.9 Å². The molecule has 0 aromatic carbocycles. The molecule has 0 unspecified atom stereocenters. The van der Waals surface area contributed by atoms with E-state index in [9.17, 15) is 0 Å². The number of pyridine rings is 2. The topological polar surface area (TPSA) is 42.2 Å². The first kappa shape index (κ1) is 18.5. The van der Waals surface area contributed by atoms with E-state index < -0.39 is 0 Å². The molecule has 0 aliphatic heterocycles. The zero-order valence-electron chi connectivity index (χ0n) is 15.8. The molecule has 0 atom stereocenters. The number of nitrogens with zero attached hydrogens (tertiary/aromatic N) is 3. The lowest BCUT2D eigenvalue weighted by Crippen LogP contribution is -2.27. The van der Waals surface area contributed by atoms with Crippen molar-refractivity contribution in [3.63, 3.8) is 0 Å². The number of rotatable bonds is 2. The second kappa shape index (κ2) is 7.31. The van der Waals surface area contributed by atoms with Crippen molar-refractivity contribution in [2.75, 3.05) is 5.32 Å². The number of anilines is 1. The van der Waals surface area contributed by atoms with E-state index >= 15 is 0 Å². The van der Waals surface area contributed by atoms with Gasteiger partial charge in [0.1, 0.15) is 22.9 Å². The molecule has 4 heterocycles. The first-order chi connectivity index (χ1) is 13.4. The van der Waals surface area contributed by atoms with Crippen LogP contribution in [0.3, 0.4) is 0 Å². The van der Waals surface area contributed by atoms with Gasteiger partial charge in [0.15, 0.2) is 0 Å². The van der Waals surface area contributed by atoms with E-state index in [0.29, 0.717) is 5.02 Å². The van der Waals surface area contributed by atoms with Crippen molar-refractivity contribution in [2.24, 2.45) is 0 Å². The Balaban J connectivity index is 1.76. The third-order valence-corrected chi connectivity index (χ3v) is 5.12. The third-order valence-electron chi connectivity index (χ3n) is 3.89. The van der Waals surface area contributed by atoms with Gasteiger partial charge < -0.3 is 5.32 Å². The molecular formula is C22H19ClN4S. The molecule has 0 fully saturated rings. The summed E-state index contributed by atoms with van der Waals surface area (Å²) in [4.78, 5) is 11.1. The van der Waals surface area contributed by atoms with Gasteiger partial charge in [0, 0.05) is 17.9 Å². The van der Waals surface area contributed by atoms with E-state index in [4.69, 9.17) is 16.6 Å². The summed E-state index contributed by atoms with van der Waals surface area (Å²) in [5.41, 5.74) is 2.38. The number of hydrogen-bond donors (Lipinski definition) is 1. The van der Waals surface area contributed by atoms with Crippen LogP contribution in [0.25, 0.3) is 16.2 Å². The van der Waals surface area contributed by atoms with Crippen molar-refractivity contribution in [3.8, 4) is 22.4 Å². The van der Waals surface area contributed by atoms with Crippen LogP contribution in [0.4, 0.5) is 5.82 Å². The Kier molecular flexibility index (Phi) is 4.84. The number of nitrogens with one attached hydrogen (secondary N) is 1. The van der Waals surface area contributed by atoms with Gasteiger partial charge in [0.2, 0.25) is 0 Å². The van der Waals surface area contributed by atoms with Crippen molar-refractivity contribution < 1.29 is 0 Å². The molecule has 0 spiro atoms. The standard InChI is InChI=1S/C22H19ClN4S/c1-22(2,3)26-21-20(25-19-12-7-15(23)14-27(19)21)18-11-10-17(28-18)9-8-16-6-4-5-13-24-16/h4-7,10-14,26H,1-3H3. The van der Waals surface area contributed by atoms with E-state index in [0.717, 1.165) is 32.6 Å². The fourth-order valence-corrected chi connectivity index (χ4v) is 3.77. The Labute approximate surface area is 173 Å². The maximum absolute atomic E-state index is 6.22. The Morgan fingerprint density at radius 1 is 1.07 bits per heavy atom. The molecule has 0 amide bonds. The number of imidazole rings is 1. The van der Waals surface area contributed by atoms with Crippen molar-refractivity contribution in [2.45, 2.75) is 26.3 Å². The zero-order chi connectivity index (χ0) is 19.7. The fraction of sp³-hybridized carbons (Fsp3) is 0.182. The van der Waals surface area contributed by atoms with Gasteiger partial charge in [0.05, 0.1) is 14.8 Å². The number of hydrogen-bond acceptors (Lipinski definition) is 4. The van der Waals surface area contributed by atoms with Crippen LogP contribution in [0, 0.1) is 11.8 Å². The van der Waals surface area contributed by atoms with Crippen molar-refractivity contribution >= 4 is 34.4 Å². The summed E-state index contributed by atoms with van der Waals surface area (Å²) in [5.74, 6) is 7.22. The number of halogens is 1. The summed E-state index contributed by atoms with van der Waals surface area (Å²) in [5, 5.41) is 4.24. The molecule has 6 heteroatoms. The molecule has 0 radical (unpaired) electrons. The first-order valence-electron chi connectivity index (χ1n) is 8.88. The maximum atomic E-state index is 6.22. The average Bonchev–Trinajstić information content (AvgIpc) is 3.25. The van der Waals surface area contributed by atoms with E-state index in [2.05, 4.69) is 49.0 Å². The van der Waals surface area contributed by atoms with Gasteiger partial charge >= 0.3 is 0 Å². The van der Waals surface area contributed by atoms with Gasteiger partial charge in [-0.3, -0.25) is 4.40 Å². The van der Waals surface area contributed by atoms with Gasteiger partial charge in [-0.2, -0.15) is 0 Å². The number of thiophene rings is 1. The molecule has 4 nitrogen and oxygen atoms in total. The minimum absolute atomic E-state index is 0.119. The quantitative estimate of drug-likeness (QED) is 0.433. The highest BCUT2D eigenvalue weighted by molar-refractivity contribution is 7.16. The molecule has 4 rings (SSSR count). The second-order valence-corrected chi connectivity index (χ2v) is 8.91. The summed E-state index contributed by atoms with van der Waals surface area (Å²) in [6, 6.07) is 13.6. The minimum Gasteiger partial charge on any atom is -0.365 e. The van der Waals surface area contributed by atoms with Gasteiger partial charge in [-0.15, -0.1) is 11.3 Å². The van der Waals surface area contributed by atoms with Crippen molar-refractivity contribution in [1.82, 2.24) is 14.4 Å². The van der Waals surface area contributed by atoms with Crippen LogP contribution in [0.15, 0.2) is 54.9 Å². The third kappa shape index (κ3) is 4.04. The Bertz CT molecular complexity index is 1190. The van der Waals surface area contributed by atoms with E-state index in [1.54, 1.807) is 17.5 Å². The van der Waals surface area contributed by atoms with Gasteiger partial charge in [-0.05, 0) is 69.0 Å². The highest BCUT2D eigenvalue weighted by Gasteiger charge is 2.20. The molecule has 0 bridgehead atoms. The highest BCUT2D eigenvalue weighted by Crippen LogP contribution is 2.35. The zero-order valence-corrected chi connectivity index (χ0v) is 17.4. The molecule has 4 aromatic rings. The van der Waals surface area contributed by atoms with E-state index in [-0.39, 0.29) is 5.54 Å². The smallest absolute Gasteiger partial charge is 0.140 e. The van der Waals surface area contributed by atoms with Crippen LogP contribution in [0.1, 0.15) is 31.3 Å². The summed E-state index contributed by atoms with van der Waals surface area (Å²) >= 11 is 7.84. The number of fused-ring (bicyclic) bond motifs is 1. The fourth-order valence-electron chi connectivity index (χ4n) is 2.76. The molecule has 28 heavy (non-hydrogen) atoms. The van der Waals surface area contributed by atoms with Crippen LogP contribution < -0.4 is 5.32 Å². The Hall–Kier alpha value is -2.81. The largest absolute Gasteiger partial charge is 0.365 e. The molecular weight excluding hydrogens is 388 g/mol. The monoisotopic (exact) mass is 406 g/mol. The van der Waals surface area contributed by atoms with Crippen molar-refractivity contribution in [1.29, 1.82) is 0 Å². The summed E-state index contributed by atoms with van der Waals surface area (Å²) in [6.45, 7) is 6.37. The van der Waals surface area contributed by atoms with Crippen molar-refractivity contribution in [3.05, 3.63) is 70.5 Å². The SMILES string of the molecule is CC(C)(C)Nc1c(-c2ccc(C#Cc3ccccn3)s2)nc2ccc(Cl)cn12. The first-order valence-corrected chi connectivity index (χ1v) is 10.1. The van der Waals surface area contributed by atoms with E-state index in [1.807, 2.05) is 47.0 Å². The summed E-state index contributed by atoms with van der Waals surface area (Å²) in [6.07, 6.45) is 3.63. The predicted octanol–water partition coefficient (Wildman–Crippen LogP) is 5.72. The Morgan fingerprint density at radius 2 is 1.93 bits per heavy atom. The molecule has 140 valence electrons. The molecule has 0 aliphatic carbocycles. The normalized spacial score (nSPS) is 11.3. The summed E-state index contributed by atoms with van der Waals surface area (Å²) < 4.78 is 2.00. The Morgan fingerprint density at radius 3 is 2.68 bits per heavy atom. The molecule has 0 saturated heterocycles. The minimum atomic E-state index is -0.119. The lowest BCUT2D eigenvalue weighted by Gasteiger charge is -2.22. The molecule has 0 aliphatic rings. The highest BCUT2D eigenvalue weighted by atomic mass is 35.5. The van der Waals surface area contributed by atoms with Crippen LogP contribution >= 0.6 is 22.9 Å². The van der Waals surface area contributed by atoms with Gasteiger partial charge in [0.25, 0.3) is 0 Å². The average molecular weight is 407 g/mol. The van der Waals surface area contributed by atoms with Gasteiger partial charge in [-0.1, -0.05) is 17.7 Å². The van der Waals surface area contributed by atoms with Crippen LogP contribution in [0.2, 0.25) is 5.02 Å². The van der Waals surface area contributed by atoms with E-state index in [1.165, 1.54) is 0 Å². The number of aromatic nitrogens is 3. The molecule has 4 aromatic heterocycles. The lowest BCUT2D eigenvalue weighted by atomic mass is 10.1. The second-order valence-electron chi connectivity index (χ2n) is 7.39. The molecule has 1 N–H and O–H groups in total.